The van der Waals surface area contributed by atoms with Crippen molar-refractivity contribution < 1.29 is 55.5 Å². The van der Waals surface area contributed by atoms with Crippen LogP contribution in [0, 0.1) is 13.8 Å². The van der Waals surface area contributed by atoms with Crippen LogP contribution in [-0.4, -0.2) is 94.8 Å². The molecule has 8 rings (SSSR count). The Bertz CT molecular complexity index is 3790. The summed E-state index contributed by atoms with van der Waals surface area (Å²) in [4.78, 5) is 15.9. The molecule has 0 bridgehead atoms. The maximum absolute atomic E-state index is 13.3. The molecule has 0 aliphatic carbocycles. The summed E-state index contributed by atoms with van der Waals surface area (Å²) in [6, 6.07) is 35.4. The molecule has 0 saturated heterocycles. The van der Waals surface area contributed by atoms with Gasteiger partial charge in [-0.05, 0) is 95.7 Å². The summed E-state index contributed by atoms with van der Waals surface area (Å²) < 4.78 is 77.5. The van der Waals surface area contributed by atoms with E-state index in [1.807, 2.05) is 0 Å². The number of ether oxygens (including phenoxy) is 2. The summed E-state index contributed by atoms with van der Waals surface area (Å²) in [7, 11) is -6.58. The van der Waals surface area contributed by atoms with Crippen molar-refractivity contribution in [1.29, 1.82) is 0 Å². The van der Waals surface area contributed by atoms with Crippen LogP contribution < -0.4 is 25.0 Å². The van der Waals surface area contributed by atoms with E-state index >= 15 is 0 Å². The predicted octanol–water partition coefficient (Wildman–Crippen LogP) is 11.0. The Balaban J connectivity index is 0.000000235. The number of nitrogens with one attached hydrogen (secondary N) is 1. The number of aromatic hydroxyl groups is 1. The first-order valence-electron chi connectivity index (χ1n) is 20.9. The van der Waals surface area contributed by atoms with Crippen molar-refractivity contribution in [3.63, 3.8) is 0 Å². The molecule has 4 N–H and O–H groups in total. The van der Waals surface area contributed by atoms with Crippen molar-refractivity contribution in [3.8, 4) is 23.0 Å². The van der Waals surface area contributed by atoms with Crippen LogP contribution in [0.15, 0.2) is 169 Å². The van der Waals surface area contributed by atoms with Crippen LogP contribution in [0.1, 0.15) is 27.0 Å². The predicted molar refractivity (Wildman–Crippen MR) is 275 cm³/mol. The normalized spacial score (nSPS) is 11.9. The Kier molecular flexibility index (Phi) is 17.8. The van der Waals surface area contributed by atoms with E-state index in [0.29, 0.717) is 49.9 Å². The van der Waals surface area contributed by atoms with Gasteiger partial charge < -0.3 is 30.1 Å². The van der Waals surface area contributed by atoms with Gasteiger partial charge in [0.15, 0.2) is 5.75 Å². The van der Waals surface area contributed by atoms with E-state index in [4.69, 9.17) is 32.7 Å². The number of methoxy groups -OCH3 is 2. The fraction of sp³-hybridized carbons (Fsp3) is 0.0800. The molecule has 0 fully saturated rings. The van der Waals surface area contributed by atoms with E-state index in [1.54, 1.807) is 111 Å². The van der Waals surface area contributed by atoms with E-state index in [-0.39, 0.29) is 87.3 Å². The number of amides is 1. The minimum atomic E-state index is -4.75. The first-order valence-corrected chi connectivity index (χ1v) is 24.5. The molecule has 0 aliphatic heterocycles. The molecule has 23 heteroatoms. The van der Waals surface area contributed by atoms with E-state index < -0.39 is 53.3 Å². The number of azo groups is 2. The summed E-state index contributed by atoms with van der Waals surface area (Å²) in [5.41, 5.74) is 0.306. The molecule has 0 spiro atoms. The summed E-state index contributed by atoms with van der Waals surface area (Å²) >= 11 is 12.2. The van der Waals surface area contributed by atoms with E-state index in [9.17, 15) is 46.1 Å². The number of nitrogens with zero attached hydrogens (tertiary/aromatic N) is 5. The van der Waals surface area contributed by atoms with Crippen molar-refractivity contribution in [2.75, 3.05) is 19.5 Å². The van der Waals surface area contributed by atoms with Crippen LogP contribution >= 0.6 is 23.2 Å². The van der Waals surface area contributed by atoms with Gasteiger partial charge >= 0.3 is 37.7 Å². The second-order valence-corrected chi connectivity index (χ2v) is 18.8. The number of phenolic OH excluding ortho intramolecular Hbond substituents is 1. The van der Waals surface area contributed by atoms with Gasteiger partial charge in [-0.25, -0.2) is 0 Å². The third kappa shape index (κ3) is 12.4. The largest absolute Gasteiger partial charge is 2.00 e. The number of carbonyl (C=O) groups excluding carboxylic acids is 1. The molecule has 73 heavy (non-hydrogen) atoms. The number of fused-ring (bicyclic) bond motifs is 2. The molecule has 8 aromatic rings. The molecule has 0 aliphatic rings. The third-order valence-corrected chi connectivity index (χ3v) is 13.7. The van der Waals surface area contributed by atoms with Gasteiger partial charge in [-0.2, -0.15) is 21.9 Å². The van der Waals surface area contributed by atoms with Gasteiger partial charge in [0.25, 0.3) is 26.1 Å². The molecular formula is C50H38CaCl2N6O12S2. The van der Waals surface area contributed by atoms with E-state index in [0.717, 1.165) is 0 Å². The molecule has 0 atom stereocenters. The Morgan fingerprint density at radius 3 is 1.59 bits per heavy atom. The Morgan fingerprint density at radius 2 is 1.05 bits per heavy atom. The molecule has 368 valence electrons. The number of anilines is 1. The number of para-hydroxylation sites is 4. The molecular weight excluding hydrogens is 1050 g/mol. The minimum Gasteiger partial charge on any atom is -0.871 e. The van der Waals surface area contributed by atoms with Crippen molar-refractivity contribution in [2.24, 2.45) is 25.4 Å². The Labute approximate surface area is 457 Å². The minimum absolute atomic E-state index is 0. The number of aliphatic imine (C=N–C) groups is 1. The van der Waals surface area contributed by atoms with Crippen molar-refractivity contribution in [2.45, 2.75) is 23.6 Å². The van der Waals surface area contributed by atoms with E-state index in [1.165, 1.54) is 50.6 Å². The number of rotatable bonds is 12. The average molecular weight is 1090 g/mol. The number of benzene rings is 8. The fourth-order valence-corrected chi connectivity index (χ4v) is 9.56. The van der Waals surface area contributed by atoms with Crippen LogP contribution in [0.2, 0.25) is 10.0 Å². The first-order chi connectivity index (χ1) is 34.2. The molecule has 8 aromatic carbocycles. The monoisotopic (exact) mass is 1090 g/mol. The molecule has 1 amide bonds. The fourth-order valence-electron chi connectivity index (χ4n) is 7.13. The number of aryl methyl sites for hydroxylation is 2. The zero-order valence-corrected chi connectivity index (χ0v) is 44.1. The number of hydrogen-bond donors (Lipinski definition) is 4. The SMILES string of the molecule is COc1ccccc1N=C([O-])c1cc2ccccc2c(N=Nc2ccc(C)c(Cl)c2S(=O)(=O)O)c1[O-].COc1ccccc1NC(=O)c1cc2ccccc2c(N=Nc2ccc(C)c(Cl)c2S(=O)(=O)O)c1O.[Ca+2]. The van der Waals surface area contributed by atoms with Crippen molar-refractivity contribution in [1.82, 2.24) is 0 Å². The van der Waals surface area contributed by atoms with Crippen LogP contribution in [0.5, 0.6) is 23.0 Å². The summed E-state index contributed by atoms with van der Waals surface area (Å²) in [6.07, 6.45) is 0. The smallest absolute Gasteiger partial charge is 0.871 e. The topological polar surface area (TPSA) is 284 Å². The Hall–Kier alpha value is -6.72. The second kappa shape index (κ2) is 23.4. The van der Waals surface area contributed by atoms with Crippen LogP contribution in [0.3, 0.4) is 0 Å². The zero-order valence-electron chi connectivity index (χ0n) is 38.7. The number of hydrogen-bond acceptors (Lipinski definition) is 15. The number of carbonyl (C=O) groups is 1. The standard InChI is InChI=1S/2C25H20ClN3O6S.Ca/c2*1-14-11-12-19(24(21(14)26)36(32,33)34)28-29-22-16-8-4-3-7-15(16)13-17(23(22)30)25(31)27-18-9-5-6-10-20(18)35-2;/h2*3-13,30H,1-2H3,(H,27,31)(H,32,33,34);/q;;+2/p-2. The van der Waals surface area contributed by atoms with Gasteiger partial charge in [0, 0.05) is 10.8 Å². The van der Waals surface area contributed by atoms with Crippen molar-refractivity contribution in [3.05, 3.63) is 166 Å². The molecule has 0 heterocycles. The second-order valence-electron chi connectivity index (χ2n) is 15.3. The molecule has 0 saturated carbocycles. The molecule has 0 aromatic heterocycles. The van der Waals surface area contributed by atoms with E-state index in [2.05, 4.69) is 30.8 Å². The molecule has 0 radical (unpaired) electrons. The van der Waals surface area contributed by atoms with Gasteiger partial charge in [-0.1, -0.05) is 114 Å². The quantitative estimate of drug-likeness (QED) is 0.0292. The number of phenols is 1. The molecule has 18 nitrogen and oxygen atoms in total. The number of halogens is 2. The van der Waals surface area contributed by atoms with Crippen molar-refractivity contribution >= 4 is 149 Å². The van der Waals surface area contributed by atoms with Crippen LogP contribution in [-0.2, 0) is 20.2 Å². The average Bonchev–Trinajstić information content (AvgIpc) is 3.34. The molecule has 0 unspecified atom stereocenters. The van der Waals surface area contributed by atoms with Gasteiger partial charge in [0.1, 0.15) is 44.0 Å². The maximum atomic E-state index is 13.3. The Morgan fingerprint density at radius 1 is 0.603 bits per heavy atom. The summed E-state index contributed by atoms with van der Waals surface area (Å²) in [5, 5.41) is 57.5. The van der Waals surface area contributed by atoms with Gasteiger partial charge in [-0.3, -0.25) is 18.9 Å². The summed E-state index contributed by atoms with van der Waals surface area (Å²) in [6.45, 7) is 3.13. The van der Waals surface area contributed by atoms with Gasteiger partial charge in [-0.15, -0.1) is 15.3 Å². The van der Waals surface area contributed by atoms with Gasteiger partial charge in [0.05, 0.1) is 41.2 Å². The van der Waals surface area contributed by atoms with Crippen LogP contribution in [0.25, 0.3) is 21.5 Å². The summed E-state index contributed by atoms with van der Waals surface area (Å²) in [5.74, 6) is -1.89. The van der Waals surface area contributed by atoms with Crippen LogP contribution in [0.4, 0.5) is 34.1 Å². The third-order valence-electron chi connectivity index (χ3n) is 10.7. The maximum Gasteiger partial charge on any atom is 2.00 e. The zero-order chi connectivity index (χ0) is 52.1. The first kappa shape index (κ1) is 55.6. The van der Waals surface area contributed by atoms with Gasteiger partial charge in [0.2, 0.25) is 0 Å².